The highest BCUT2D eigenvalue weighted by Gasteiger charge is 2.46. The standard InChI is InChI=1S/C33H39ClF3N5O6/c1-39-14-16-40(17-15-39)22-6-10-41(11-7-22)29(44)27(20-21-18-24(33(35,36)37)28(43)25(34)19-21)47-31(46)42-12-8-32(9-13-42)23-4-2-3-5-26(23)38-30(45)48-32/h2-5,18-19,22,27,43H,6-17,20H2,1H3,(H,38,45)/t27-/m1/s1. The molecule has 0 unspecified atom stereocenters. The van der Waals surface area contributed by atoms with Crippen LogP contribution in [-0.4, -0.2) is 114 Å². The van der Waals surface area contributed by atoms with Crippen molar-refractivity contribution in [1.82, 2.24) is 19.6 Å². The Morgan fingerprint density at radius 3 is 2.38 bits per heavy atom. The number of aromatic hydroxyl groups is 1. The van der Waals surface area contributed by atoms with E-state index in [9.17, 15) is 32.7 Å². The Kier molecular flexibility index (Phi) is 9.69. The zero-order chi connectivity index (χ0) is 34.2. The van der Waals surface area contributed by atoms with E-state index in [2.05, 4.69) is 22.2 Å². The lowest BCUT2D eigenvalue weighted by Gasteiger charge is -2.44. The fourth-order valence-corrected chi connectivity index (χ4v) is 7.44. The number of halogens is 4. The molecule has 0 radical (unpaired) electrons. The number of para-hydroxylation sites is 1. The van der Waals surface area contributed by atoms with E-state index in [0.29, 0.717) is 24.8 Å². The SMILES string of the molecule is CN1CCN(C2CCN(C(=O)[C@@H](Cc3cc(Cl)c(O)c(C(F)(F)F)c3)OC(=O)N3CCC4(CC3)OC(=O)Nc3ccccc34)CC2)CC1. The summed E-state index contributed by atoms with van der Waals surface area (Å²) in [5, 5.41) is 12.2. The van der Waals surface area contributed by atoms with Gasteiger partial charge in [-0.3, -0.25) is 15.0 Å². The molecule has 0 bridgehead atoms. The third kappa shape index (κ3) is 7.15. The third-order valence-corrected chi connectivity index (χ3v) is 10.3. The van der Waals surface area contributed by atoms with Crippen LogP contribution >= 0.6 is 11.6 Å². The Morgan fingerprint density at radius 2 is 1.71 bits per heavy atom. The van der Waals surface area contributed by atoms with E-state index >= 15 is 0 Å². The lowest BCUT2D eigenvalue weighted by Crippen LogP contribution is -2.54. The first-order chi connectivity index (χ1) is 22.8. The average molecular weight is 694 g/mol. The number of alkyl halides is 3. The normalized spacial score (nSPS) is 21.3. The van der Waals surface area contributed by atoms with E-state index in [1.165, 1.54) is 4.90 Å². The van der Waals surface area contributed by atoms with Crippen LogP contribution in [0.4, 0.5) is 28.4 Å². The number of anilines is 1. The molecule has 3 saturated heterocycles. The van der Waals surface area contributed by atoms with E-state index in [1.54, 1.807) is 17.0 Å². The number of benzene rings is 2. The molecule has 4 aliphatic heterocycles. The van der Waals surface area contributed by atoms with Gasteiger partial charge in [-0.05, 0) is 43.7 Å². The van der Waals surface area contributed by atoms with Crippen LogP contribution in [0.15, 0.2) is 36.4 Å². The van der Waals surface area contributed by atoms with E-state index in [-0.39, 0.29) is 37.9 Å². The number of hydrogen-bond acceptors (Lipinski definition) is 8. The summed E-state index contributed by atoms with van der Waals surface area (Å²) in [5.41, 5.74) is -0.850. The molecule has 0 saturated carbocycles. The number of carbonyl (C=O) groups excluding carboxylic acids is 3. The monoisotopic (exact) mass is 693 g/mol. The van der Waals surface area contributed by atoms with Crippen molar-refractivity contribution in [3.63, 3.8) is 0 Å². The predicted octanol–water partition coefficient (Wildman–Crippen LogP) is 4.90. The summed E-state index contributed by atoms with van der Waals surface area (Å²) in [6, 6.07) is 9.46. The number of carbonyl (C=O) groups is 3. The summed E-state index contributed by atoms with van der Waals surface area (Å²) in [6.07, 6.45) is -6.08. The van der Waals surface area contributed by atoms with Crippen molar-refractivity contribution in [3.05, 3.63) is 58.1 Å². The number of phenolic OH excluding ortho intramolecular Hbond substituents is 1. The number of hydrogen-bond donors (Lipinski definition) is 2. The van der Waals surface area contributed by atoms with Crippen molar-refractivity contribution >= 4 is 35.4 Å². The van der Waals surface area contributed by atoms with Crippen LogP contribution in [0.2, 0.25) is 5.02 Å². The molecule has 1 atom stereocenters. The summed E-state index contributed by atoms with van der Waals surface area (Å²) in [4.78, 5) is 47.5. The summed E-state index contributed by atoms with van der Waals surface area (Å²) < 4.78 is 52.6. The number of fused-ring (bicyclic) bond motifs is 2. The van der Waals surface area contributed by atoms with E-state index < -0.39 is 52.3 Å². The number of amides is 3. The number of likely N-dealkylation sites (tertiary alicyclic amines) is 2. The van der Waals surface area contributed by atoms with Crippen LogP contribution < -0.4 is 5.32 Å². The molecule has 260 valence electrons. The van der Waals surface area contributed by atoms with Crippen molar-refractivity contribution in [2.45, 2.75) is 56.0 Å². The first kappa shape index (κ1) is 34.1. The van der Waals surface area contributed by atoms with Gasteiger partial charge in [0.2, 0.25) is 0 Å². The van der Waals surface area contributed by atoms with Gasteiger partial charge >= 0.3 is 18.4 Å². The van der Waals surface area contributed by atoms with Crippen molar-refractivity contribution < 1.29 is 42.1 Å². The summed E-state index contributed by atoms with van der Waals surface area (Å²) >= 11 is 5.97. The zero-order valence-corrected chi connectivity index (χ0v) is 27.4. The van der Waals surface area contributed by atoms with Gasteiger partial charge < -0.3 is 29.3 Å². The molecule has 6 rings (SSSR count). The number of likely N-dealkylation sites (N-methyl/N-ethyl adjacent to an activating group) is 1. The molecule has 15 heteroatoms. The maximum absolute atomic E-state index is 13.9. The minimum Gasteiger partial charge on any atom is -0.506 e. The third-order valence-electron chi connectivity index (χ3n) is 9.97. The maximum atomic E-state index is 13.9. The molecule has 11 nitrogen and oxygen atoms in total. The number of phenols is 1. The van der Waals surface area contributed by atoms with Crippen LogP contribution in [0.3, 0.4) is 0 Å². The summed E-state index contributed by atoms with van der Waals surface area (Å²) in [7, 11) is 2.09. The molecule has 2 N–H and O–H groups in total. The second-order valence-corrected chi connectivity index (χ2v) is 13.4. The number of nitrogens with zero attached hydrogens (tertiary/aromatic N) is 4. The van der Waals surface area contributed by atoms with Crippen LogP contribution in [0, 0.1) is 0 Å². The second-order valence-electron chi connectivity index (χ2n) is 13.0. The highest BCUT2D eigenvalue weighted by atomic mass is 35.5. The average Bonchev–Trinajstić information content (AvgIpc) is 3.06. The molecule has 4 aliphatic rings. The van der Waals surface area contributed by atoms with E-state index in [4.69, 9.17) is 21.1 Å². The van der Waals surface area contributed by atoms with Gasteiger partial charge in [-0.1, -0.05) is 29.8 Å². The summed E-state index contributed by atoms with van der Waals surface area (Å²) in [5.74, 6) is -1.62. The largest absolute Gasteiger partial charge is 0.506 e. The summed E-state index contributed by atoms with van der Waals surface area (Å²) in [6.45, 7) is 4.96. The Hall–Kier alpha value is -3.75. The van der Waals surface area contributed by atoms with Crippen molar-refractivity contribution in [2.75, 3.05) is 64.7 Å². The van der Waals surface area contributed by atoms with Crippen LogP contribution in [0.5, 0.6) is 5.75 Å². The van der Waals surface area contributed by atoms with Gasteiger partial charge in [0.25, 0.3) is 5.91 Å². The molecule has 0 aliphatic carbocycles. The molecular weight excluding hydrogens is 655 g/mol. The smallest absolute Gasteiger partial charge is 0.420 e. The highest BCUT2D eigenvalue weighted by molar-refractivity contribution is 6.32. The minimum atomic E-state index is -4.90. The topological polar surface area (TPSA) is 115 Å². The van der Waals surface area contributed by atoms with Crippen LogP contribution in [0.1, 0.15) is 42.4 Å². The fraction of sp³-hybridized carbons (Fsp3) is 0.545. The van der Waals surface area contributed by atoms with Crippen molar-refractivity contribution in [2.24, 2.45) is 0 Å². The molecule has 3 fully saturated rings. The first-order valence-corrected chi connectivity index (χ1v) is 16.6. The lowest BCUT2D eigenvalue weighted by atomic mass is 9.82. The molecular formula is C33H39ClF3N5O6. The number of nitrogens with one attached hydrogen (secondary N) is 1. The Bertz CT molecular complexity index is 1540. The van der Waals surface area contributed by atoms with E-state index in [1.807, 2.05) is 12.1 Å². The van der Waals surface area contributed by atoms with Crippen LogP contribution in [-0.2, 0) is 32.5 Å². The quantitative estimate of drug-likeness (QED) is 0.455. The van der Waals surface area contributed by atoms with Gasteiger partial charge in [-0.25, -0.2) is 9.59 Å². The molecule has 0 aromatic heterocycles. The van der Waals surface area contributed by atoms with Gasteiger partial charge in [0.15, 0.2) is 6.10 Å². The Morgan fingerprint density at radius 1 is 1.04 bits per heavy atom. The van der Waals surface area contributed by atoms with Crippen LogP contribution in [0.25, 0.3) is 0 Å². The Labute approximate surface area is 281 Å². The second kappa shape index (κ2) is 13.6. The van der Waals surface area contributed by atoms with Gasteiger partial charge in [-0.2, -0.15) is 13.2 Å². The minimum absolute atomic E-state index is 0.0144. The molecule has 4 heterocycles. The van der Waals surface area contributed by atoms with Crippen molar-refractivity contribution in [1.29, 1.82) is 0 Å². The highest BCUT2D eigenvalue weighted by Crippen LogP contribution is 2.44. The molecule has 2 aromatic rings. The molecule has 1 spiro atoms. The predicted molar refractivity (Wildman–Crippen MR) is 170 cm³/mol. The van der Waals surface area contributed by atoms with Crippen molar-refractivity contribution in [3.8, 4) is 5.75 Å². The van der Waals surface area contributed by atoms with Gasteiger partial charge in [0.05, 0.1) is 16.3 Å². The zero-order valence-electron chi connectivity index (χ0n) is 26.6. The van der Waals surface area contributed by atoms with Gasteiger partial charge in [0, 0.05) is 83.2 Å². The lowest BCUT2D eigenvalue weighted by molar-refractivity contribution is -0.143. The molecule has 3 amide bonds. The van der Waals surface area contributed by atoms with Gasteiger partial charge in [0.1, 0.15) is 11.4 Å². The first-order valence-electron chi connectivity index (χ1n) is 16.2. The number of ether oxygens (including phenoxy) is 2. The molecule has 48 heavy (non-hydrogen) atoms. The Balaban J connectivity index is 1.17. The maximum Gasteiger partial charge on any atom is 0.420 e. The van der Waals surface area contributed by atoms with E-state index in [0.717, 1.165) is 56.7 Å². The number of rotatable bonds is 5. The number of piperidine rings is 2. The molecule has 2 aromatic carbocycles. The fourth-order valence-electron chi connectivity index (χ4n) is 7.20. The van der Waals surface area contributed by atoms with Gasteiger partial charge in [-0.15, -0.1) is 0 Å². The number of piperazine rings is 1.